The van der Waals surface area contributed by atoms with Crippen molar-refractivity contribution < 1.29 is 0 Å². The lowest BCUT2D eigenvalue weighted by atomic mass is 10.0. The number of nitrogens with zero attached hydrogens (tertiary/aromatic N) is 2. The number of nitrogens with one attached hydrogen (secondary N) is 1. The third kappa shape index (κ3) is 4.63. The van der Waals surface area contributed by atoms with Crippen LogP contribution in [0.5, 0.6) is 0 Å². The van der Waals surface area contributed by atoms with Crippen molar-refractivity contribution in [2.24, 2.45) is 5.92 Å². The monoisotopic (exact) mass is 208 g/mol. The first kappa shape index (κ1) is 11.8. The van der Waals surface area contributed by atoms with E-state index in [1.807, 2.05) is 0 Å². The molecule has 0 radical (unpaired) electrons. The second kappa shape index (κ2) is 5.53. The van der Waals surface area contributed by atoms with Gasteiger partial charge in [0.15, 0.2) is 0 Å². The molecule has 1 aromatic heterocycles. The fourth-order valence-electron chi connectivity index (χ4n) is 1.36. The summed E-state index contributed by atoms with van der Waals surface area (Å²) in [5.41, 5.74) is 5.54. The molecule has 0 amide bonds. The number of hydrogen-bond acceptors (Lipinski definition) is 4. The zero-order valence-corrected chi connectivity index (χ0v) is 9.70. The quantitative estimate of drug-likeness (QED) is 0.779. The molecule has 0 aromatic carbocycles. The molecule has 1 atom stereocenters. The maximum atomic E-state index is 5.54. The zero-order valence-electron chi connectivity index (χ0n) is 9.70. The highest BCUT2D eigenvalue weighted by Gasteiger charge is 2.04. The Kier molecular flexibility index (Phi) is 4.34. The average Bonchev–Trinajstić information content (AvgIpc) is 2.15. The van der Waals surface area contributed by atoms with Crippen LogP contribution < -0.4 is 11.1 Å². The largest absolute Gasteiger partial charge is 0.382 e. The Labute approximate surface area is 91.3 Å². The second-order valence-electron chi connectivity index (χ2n) is 4.35. The normalized spacial score (nSPS) is 12.8. The summed E-state index contributed by atoms with van der Waals surface area (Å²) >= 11 is 0. The number of hydrogen-bond donors (Lipinski definition) is 2. The van der Waals surface area contributed by atoms with Crippen LogP contribution in [0.1, 0.15) is 33.6 Å². The predicted octanol–water partition coefficient (Wildman–Crippen LogP) is 2.30. The van der Waals surface area contributed by atoms with Gasteiger partial charge >= 0.3 is 0 Å². The van der Waals surface area contributed by atoms with E-state index in [-0.39, 0.29) is 0 Å². The van der Waals surface area contributed by atoms with Gasteiger partial charge in [-0.15, -0.1) is 0 Å². The molecule has 0 aliphatic heterocycles. The van der Waals surface area contributed by atoms with E-state index in [0.717, 1.165) is 18.2 Å². The summed E-state index contributed by atoms with van der Waals surface area (Å²) < 4.78 is 0. The van der Waals surface area contributed by atoms with Crippen molar-refractivity contribution in [3.63, 3.8) is 0 Å². The van der Waals surface area contributed by atoms with E-state index >= 15 is 0 Å². The third-order valence-electron chi connectivity index (χ3n) is 2.22. The minimum Gasteiger partial charge on any atom is -0.382 e. The first-order chi connectivity index (χ1) is 7.08. The van der Waals surface area contributed by atoms with Crippen LogP contribution in [0.2, 0.25) is 0 Å². The molecule has 0 fully saturated rings. The molecule has 15 heavy (non-hydrogen) atoms. The molecule has 1 unspecified atom stereocenters. The van der Waals surface area contributed by atoms with E-state index in [9.17, 15) is 0 Å². The second-order valence-corrected chi connectivity index (χ2v) is 4.35. The number of rotatable bonds is 5. The summed E-state index contributed by atoms with van der Waals surface area (Å²) in [6, 6.07) is 0.406. The van der Waals surface area contributed by atoms with E-state index in [2.05, 4.69) is 36.1 Å². The van der Waals surface area contributed by atoms with Gasteiger partial charge in [0, 0.05) is 6.04 Å². The van der Waals surface area contributed by atoms with Crippen molar-refractivity contribution in [3.8, 4) is 0 Å². The lowest BCUT2D eigenvalue weighted by molar-refractivity contribution is 0.527. The van der Waals surface area contributed by atoms with E-state index in [0.29, 0.717) is 11.9 Å². The maximum absolute atomic E-state index is 5.54. The Morgan fingerprint density at radius 3 is 2.60 bits per heavy atom. The highest BCUT2D eigenvalue weighted by atomic mass is 15.1. The Balaban J connectivity index is 2.40. The summed E-state index contributed by atoms with van der Waals surface area (Å²) in [6.07, 6.45) is 5.59. The van der Waals surface area contributed by atoms with Crippen molar-refractivity contribution in [3.05, 3.63) is 12.4 Å². The molecule has 1 aromatic rings. The summed E-state index contributed by atoms with van der Waals surface area (Å²) in [6.45, 7) is 6.60. The Hall–Kier alpha value is -1.32. The fourth-order valence-corrected chi connectivity index (χ4v) is 1.36. The summed E-state index contributed by atoms with van der Waals surface area (Å²) in [7, 11) is 0. The summed E-state index contributed by atoms with van der Waals surface area (Å²) in [4.78, 5) is 8.13. The molecule has 0 bridgehead atoms. The van der Waals surface area contributed by atoms with Crippen LogP contribution in [-0.2, 0) is 0 Å². The van der Waals surface area contributed by atoms with Crippen molar-refractivity contribution in [1.29, 1.82) is 0 Å². The molecule has 1 rings (SSSR count). The lowest BCUT2D eigenvalue weighted by Crippen LogP contribution is -2.17. The first-order valence-electron chi connectivity index (χ1n) is 5.42. The first-order valence-corrected chi connectivity index (χ1v) is 5.42. The maximum Gasteiger partial charge on any atom is 0.147 e. The van der Waals surface area contributed by atoms with Gasteiger partial charge in [-0.05, 0) is 25.7 Å². The van der Waals surface area contributed by atoms with Crippen LogP contribution in [0.25, 0.3) is 0 Å². The molecule has 0 spiro atoms. The molecule has 1 heterocycles. The molecule has 0 aliphatic rings. The summed E-state index contributed by atoms with van der Waals surface area (Å²) in [5.74, 6) is 1.95. The predicted molar refractivity (Wildman–Crippen MR) is 63.6 cm³/mol. The topological polar surface area (TPSA) is 63.8 Å². The smallest absolute Gasteiger partial charge is 0.147 e. The number of nitrogens with two attached hydrogens (primary N) is 1. The number of anilines is 2. The van der Waals surface area contributed by atoms with Crippen LogP contribution in [0.3, 0.4) is 0 Å². The van der Waals surface area contributed by atoms with Gasteiger partial charge in [0.2, 0.25) is 0 Å². The summed E-state index contributed by atoms with van der Waals surface area (Å²) in [5, 5.41) is 3.28. The fraction of sp³-hybridized carbons (Fsp3) is 0.636. The van der Waals surface area contributed by atoms with Crippen LogP contribution in [0.4, 0.5) is 11.6 Å². The van der Waals surface area contributed by atoms with Crippen molar-refractivity contribution >= 4 is 11.6 Å². The number of nitrogen functional groups attached to an aromatic ring is 1. The van der Waals surface area contributed by atoms with Gasteiger partial charge in [-0.2, -0.15) is 0 Å². The Morgan fingerprint density at radius 2 is 2.00 bits per heavy atom. The van der Waals surface area contributed by atoms with Crippen LogP contribution >= 0.6 is 0 Å². The Morgan fingerprint density at radius 1 is 1.27 bits per heavy atom. The average molecular weight is 208 g/mol. The molecule has 4 heteroatoms. The molecule has 4 nitrogen and oxygen atoms in total. The van der Waals surface area contributed by atoms with Crippen LogP contribution in [0, 0.1) is 5.92 Å². The standard InChI is InChI=1S/C11H20N4/c1-8(2)4-5-9(3)14-11-7-13-6-10(12)15-11/h6-9H,4-5H2,1-3H3,(H3,12,14,15). The van der Waals surface area contributed by atoms with E-state index in [1.54, 1.807) is 12.4 Å². The number of aromatic nitrogens is 2. The van der Waals surface area contributed by atoms with Gasteiger partial charge in [0.1, 0.15) is 11.6 Å². The minimum atomic E-state index is 0.406. The van der Waals surface area contributed by atoms with Crippen molar-refractivity contribution in [2.45, 2.75) is 39.7 Å². The molecule has 0 saturated carbocycles. The van der Waals surface area contributed by atoms with Gasteiger partial charge in [0.05, 0.1) is 12.4 Å². The third-order valence-corrected chi connectivity index (χ3v) is 2.22. The highest BCUT2D eigenvalue weighted by Crippen LogP contribution is 2.11. The van der Waals surface area contributed by atoms with Gasteiger partial charge < -0.3 is 11.1 Å². The molecular weight excluding hydrogens is 188 g/mol. The van der Waals surface area contributed by atoms with E-state index in [4.69, 9.17) is 5.73 Å². The SMILES string of the molecule is CC(C)CCC(C)Nc1cncc(N)n1. The molecule has 3 N–H and O–H groups in total. The Bertz CT molecular complexity index is 298. The molecule has 0 saturated heterocycles. The van der Waals surface area contributed by atoms with Crippen molar-refractivity contribution in [1.82, 2.24) is 9.97 Å². The van der Waals surface area contributed by atoms with E-state index < -0.39 is 0 Å². The van der Waals surface area contributed by atoms with Gasteiger partial charge in [0.25, 0.3) is 0 Å². The van der Waals surface area contributed by atoms with Gasteiger partial charge in [-0.25, -0.2) is 4.98 Å². The van der Waals surface area contributed by atoms with E-state index in [1.165, 1.54) is 6.42 Å². The van der Waals surface area contributed by atoms with Crippen molar-refractivity contribution in [2.75, 3.05) is 11.1 Å². The van der Waals surface area contributed by atoms with Gasteiger partial charge in [-0.3, -0.25) is 4.98 Å². The van der Waals surface area contributed by atoms with Gasteiger partial charge in [-0.1, -0.05) is 13.8 Å². The highest BCUT2D eigenvalue weighted by molar-refractivity contribution is 5.38. The van der Waals surface area contributed by atoms with Crippen LogP contribution in [0.15, 0.2) is 12.4 Å². The molecule has 0 aliphatic carbocycles. The van der Waals surface area contributed by atoms with Crippen LogP contribution in [-0.4, -0.2) is 16.0 Å². The minimum absolute atomic E-state index is 0.406. The molecule has 84 valence electrons. The lowest BCUT2D eigenvalue weighted by Gasteiger charge is -2.15. The zero-order chi connectivity index (χ0) is 11.3. The molecular formula is C11H20N4.